The van der Waals surface area contributed by atoms with E-state index in [1.165, 1.54) is 11.3 Å². The topological polar surface area (TPSA) is 26.3 Å². The molecule has 0 spiro atoms. The monoisotopic (exact) mass is 168 g/mol. The zero-order valence-electron chi connectivity index (χ0n) is 6.16. The van der Waals surface area contributed by atoms with Gasteiger partial charge < -0.3 is 4.74 Å². The summed E-state index contributed by atoms with van der Waals surface area (Å²) in [7, 11) is 0. The molecule has 0 aliphatic rings. The lowest BCUT2D eigenvalue weighted by atomic mass is 10.4. The van der Waals surface area contributed by atoms with Crippen molar-refractivity contribution in [1.82, 2.24) is 0 Å². The molecule has 0 unspecified atom stereocenters. The number of esters is 1. The molecule has 11 heavy (non-hydrogen) atoms. The van der Waals surface area contributed by atoms with E-state index in [4.69, 9.17) is 4.74 Å². The maximum Gasteiger partial charge on any atom is 0.339 e. The molecule has 0 bridgehead atoms. The zero-order chi connectivity index (χ0) is 8.27. The molecule has 1 rings (SSSR count). The Bertz CT molecular complexity index is 262. The van der Waals surface area contributed by atoms with Crippen molar-refractivity contribution in [3.05, 3.63) is 29.7 Å². The lowest BCUT2D eigenvalue weighted by molar-refractivity contribution is -0.129. The molecule has 2 nitrogen and oxygen atoms in total. The summed E-state index contributed by atoms with van der Waals surface area (Å²) in [4.78, 5) is 10.9. The van der Waals surface area contributed by atoms with Crippen molar-refractivity contribution in [2.24, 2.45) is 0 Å². The first-order valence-corrected chi connectivity index (χ1v) is 3.99. The van der Waals surface area contributed by atoms with Crippen LogP contribution in [0.2, 0.25) is 0 Å². The molecule has 0 radical (unpaired) electrons. The first-order valence-electron chi connectivity index (χ1n) is 3.11. The number of ether oxygens (including phenoxy) is 1. The number of carbonyl (C=O) groups is 1. The second-order valence-corrected chi connectivity index (χ2v) is 3.01. The van der Waals surface area contributed by atoms with Gasteiger partial charge >= 0.3 is 5.97 Å². The van der Waals surface area contributed by atoms with Crippen LogP contribution < -0.4 is 4.74 Å². The fourth-order valence-corrected chi connectivity index (χ4v) is 1.07. The van der Waals surface area contributed by atoms with Crippen LogP contribution in [0.1, 0.15) is 6.92 Å². The molecule has 0 amide bonds. The molecule has 1 aromatic heterocycles. The Morgan fingerprint density at radius 2 is 2.45 bits per heavy atom. The van der Waals surface area contributed by atoms with E-state index in [1.54, 1.807) is 13.0 Å². The molecule has 0 aromatic carbocycles. The Morgan fingerprint density at radius 3 is 2.91 bits per heavy atom. The van der Waals surface area contributed by atoms with Crippen LogP contribution in [0.25, 0.3) is 0 Å². The SMILES string of the molecule is C=C(C)C(=O)Oc1cccs1. The van der Waals surface area contributed by atoms with E-state index in [0.717, 1.165) is 0 Å². The summed E-state index contributed by atoms with van der Waals surface area (Å²) in [6.45, 7) is 5.09. The van der Waals surface area contributed by atoms with Gasteiger partial charge in [-0.25, -0.2) is 4.79 Å². The van der Waals surface area contributed by atoms with Crippen molar-refractivity contribution in [3.8, 4) is 5.06 Å². The summed E-state index contributed by atoms with van der Waals surface area (Å²) in [6.07, 6.45) is 0. The minimum Gasteiger partial charge on any atom is -0.412 e. The second kappa shape index (κ2) is 3.34. The number of rotatable bonds is 2. The minimum absolute atomic E-state index is 0.368. The van der Waals surface area contributed by atoms with E-state index < -0.39 is 0 Å². The highest BCUT2D eigenvalue weighted by Gasteiger charge is 2.04. The first-order chi connectivity index (χ1) is 5.20. The highest BCUT2D eigenvalue weighted by atomic mass is 32.1. The maximum absolute atomic E-state index is 10.9. The average molecular weight is 168 g/mol. The fraction of sp³-hybridized carbons (Fsp3) is 0.125. The van der Waals surface area contributed by atoms with Crippen LogP contribution >= 0.6 is 11.3 Å². The highest BCUT2D eigenvalue weighted by Crippen LogP contribution is 2.18. The largest absolute Gasteiger partial charge is 0.412 e. The fourth-order valence-electron chi connectivity index (χ4n) is 0.500. The Hall–Kier alpha value is -1.09. The molecule has 0 saturated carbocycles. The second-order valence-electron chi connectivity index (χ2n) is 2.10. The van der Waals surface area contributed by atoms with Gasteiger partial charge in [-0.05, 0) is 24.4 Å². The van der Waals surface area contributed by atoms with Crippen LogP contribution in [-0.2, 0) is 4.79 Å². The van der Waals surface area contributed by atoms with Gasteiger partial charge in [-0.2, -0.15) is 0 Å². The first kappa shape index (κ1) is 8.01. The van der Waals surface area contributed by atoms with Gasteiger partial charge in [-0.15, -0.1) is 11.3 Å². The predicted octanol–water partition coefficient (Wildman–Crippen LogP) is 2.23. The van der Waals surface area contributed by atoms with Crippen molar-refractivity contribution in [1.29, 1.82) is 0 Å². The number of hydrogen-bond donors (Lipinski definition) is 0. The van der Waals surface area contributed by atoms with Crippen LogP contribution in [-0.4, -0.2) is 5.97 Å². The molecule has 0 atom stereocenters. The third-order valence-electron chi connectivity index (χ3n) is 1.04. The molecule has 1 aromatic rings. The van der Waals surface area contributed by atoms with E-state index in [0.29, 0.717) is 10.6 Å². The molecule has 0 saturated heterocycles. The van der Waals surface area contributed by atoms with Crippen LogP contribution in [0.4, 0.5) is 0 Å². The standard InChI is InChI=1S/C8H8O2S/c1-6(2)8(9)10-7-4-3-5-11-7/h3-5H,1H2,2H3. The molecule has 0 aliphatic heterocycles. The van der Waals surface area contributed by atoms with Gasteiger partial charge in [0.25, 0.3) is 0 Å². The van der Waals surface area contributed by atoms with Gasteiger partial charge in [0.1, 0.15) is 0 Å². The third kappa shape index (κ3) is 2.20. The van der Waals surface area contributed by atoms with Crippen molar-refractivity contribution in [3.63, 3.8) is 0 Å². The Kier molecular flexibility index (Phi) is 2.44. The van der Waals surface area contributed by atoms with Gasteiger partial charge in [0.2, 0.25) is 0 Å². The van der Waals surface area contributed by atoms with E-state index in [2.05, 4.69) is 6.58 Å². The molecule has 0 N–H and O–H groups in total. The van der Waals surface area contributed by atoms with E-state index in [1.807, 2.05) is 11.4 Å². The Balaban J connectivity index is 2.57. The third-order valence-corrected chi connectivity index (χ3v) is 1.78. The number of thiophene rings is 1. The van der Waals surface area contributed by atoms with Crippen molar-refractivity contribution >= 4 is 17.3 Å². The normalized spacial score (nSPS) is 9.18. The Morgan fingerprint density at radius 1 is 1.73 bits per heavy atom. The summed E-state index contributed by atoms with van der Waals surface area (Å²) in [5.41, 5.74) is 0.415. The number of hydrogen-bond acceptors (Lipinski definition) is 3. The van der Waals surface area contributed by atoms with Crippen LogP contribution in [0.15, 0.2) is 29.7 Å². The number of carbonyl (C=O) groups excluding carboxylic acids is 1. The summed E-state index contributed by atoms with van der Waals surface area (Å²) in [5.74, 6) is -0.368. The maximum atomic E-state index is 10.9. The van der Waals surface area contributed by atoms with Crippen molar-refractivity contribution < 1.29 is 9.53 Å². The van der Waals surface area contributed by atoms with Crippen molar-refractivity contribution in [2.45, 2.75) is 6.92 Å². The van der Waals surface area contributed by atoms with Gasteiger partial charge in [-0.1, -0.05) is 6.58 Å². The quantitative estimate of drug-likeness (QED) is 0.500. The summed E-state index contributed by atoms with van der Waals surface area (Å²) >= 11 is 1.38. The molecular formula is C8H8O2S. The zero-order valence-corrected chi connectivity index (χ0v) is 6.98. The van der Waals surface area contributed by atoms with Gasteiger partial charge in [0.15, 0.2) is 5.06 Å². The molecule has 58 valence electrons. The van der Waals surface area contributed by atoms with Gasteiger partial charge in [0.05, 0.1) is 0 Å². The highest BCUT2D eigenvalue weighted by molar-refractivity contribution is 7.11. The Labute approximate surface area is 69.1 Å². The van der Waals surface area contributed by atoms with Crippen LogP contribution in [0.3, 0.4) is 0 Å². The minimum atomic E-state index is -0.368. The van der Waals surface area contributed by atoms with Gasteiger partial charge in [-0.3, -0.25) is 0 Å². The molecule has 3 heteroatoms. The molecular weight excluding hydrogens is 160 g/mol. The lowest BCUT2D eigenvalue weighted by Crippen LogP contribution is -2.06. The lowest BCUT2D eigenvalue weighted by Gasteiger charge is -1.97. The molecule has 0 aliphatic carbocycles. The molecule has 1 heterocycles. The van der Waals surface area contributed by atoms with Crippen LogP contribution in [0.5, 0.6) is 5.06 Å². The van der Waals surface area contributed by atoms with E-state index >= 15 is 0 Å². The molecule has 0 fully saturated rings. The van der Waals surface area contributed by atoms with E-state index in [9.17, 15) is 4.79 Å². The average Bonchev–Trinajstić information content (AvgIpc) is 2.39. The summed E-state index contributed by atoms with van der Waals surface area (Å²) < 4.78 is 4.90. The van der Waals surface area contributed by atoms with Crippen LogP contribution in [0, 0.1) is 0 Å². The van der Waals surface area contributed by atoms with E-state index in [-0.39, 0.29) is 5.97 Å². The summed E-state index contributed by atoms with van der Waals surface area (Å²) in [6, 6.07) is 3.57. The summed E-state index contributed by atoms with van der Waals surface area (Å²) in [5, 5.41) is 2.46. The smallest absolute Gasteiger partial charge is 0.339 e. The predicted molar refractivity (Wildman–Crippen MR) is 44.8 cm³/mol. The van der Waals surface area contributed by atoms with Gasteiger partial charge in [0, 0.05) is 5.57 Å². The van der Waals surface area contributed by atoms with Crippen molar-refractivity contribution in [2.75, 3.05) is 0 Å².